The molecule has 0 atom stereocenters. The molecule has 0 unspecified atom stereocenters. The van der Waals surface area contributed by atoms with Crippen LogP contribution in [0.5, 0.6) is 0 Å². The molecule has 0 aromatic rings. The summed E-state index contributed by atoms with van der Waals surface area (Å²) in [7, 11) is 0. The number of hydrogen-bond donors (Lipinski definition) is 1. The Kier molecular flexibility index (Phi) is 7.01. The van der Waals surface area contributed by atoms with Crippen LogP contribution in [0.4, 0.5) is 0 Å². The van der Waals surface area contributed by atoms with Gasteiger partial charge in [-0.2, -0.15) is 0 Å². The zero-order chi connectivity index (χ0) is 15.1. The third-order valence-electron chi connectivity index (χ3n) is 5.63. The van der Waals surface area contributed by atoms with Crippen LogP contribution in [0.15, 0.2) is 0 Å². The van der Waals surface area contributed by atoms with Gasteiger partial charge in [0.25, 0.3) is 5.91 Å². The fraction of sp³-hybridized carbons (Fsp3) is 0.944. The number of likely N-dealkylation sites (N-methyl/N-ethyl adjacent to an activating group) is 1. The van der Waals surface area contributed by atoms with Crippen LogP contribution in [-0.4, -0.2) is 42.5 Å². The Balaban J connectivity index is 2.04. The third-order valence-corrected chi connectivity index (χ3v) is 5.63. The van der Waals surface area contributed by atoms with Gasteiger partial charge < -0.3 is 9.80 Å². The van der Waals surface area contributed by atoms with Gasteiger partial charge in [-0.15, -0.1) is 0 Å². The van der Waals surface area contributed by atoms with Gasteiger partial charge in [0.15, 0.2) is 6.54 Å². The van der Waals surface area contributed by atoms with Crippen molar-refractivity contribution in [1.29, 1.82) is 0 Å². The smallest absolute Gasteiger partial charge is 0.278 e. The van der Waals surface area contributed by atoms with Gasteiger partial charge in [-0.25, -0.2) is 0 Å². The molecule has 21 heavy (non-hydrogen) atoms. The van der Waals surface area contributed by atoms with E-state index < -0.39 is 0 Å². The molecule has 3 heteroatoms. The lowest BCUT2D eigenvalue weighted by atomic mass is 9.88. The number of nitrogens with one attached hydrogen (secondary N) is 1. The van der Waals surface area contributed by atoms with Crippen LogP contribution in [0.1, 0.15) is 78.1 Å². The quantitative estimate of drug-likeness (QED) is 0.800. The van der Waals surface area contributed by atoms with E-state index in [1.165, 1.54) is 69.1 Å². The maximum absolute atomic E-state index is 13.0. The van der Waals surface area contributed by atoms with Crippen molar-refractivity contribution in [2.45, 2.75) is 90.1 Å². The molecule has 122 valence electrons. The van der Waals surface area contributed by atoms with Crippen molar-refractivity contribution in [2.24, 2.45) is 0 Å². The molecule has 3 nitrogen and oxygen atoms in total. The molecule has 0 aliphatic heterocycles. The van der Waals surface area contributed by atoms with Gasteiger partial charge in [0.2, 0.25) is 0 Å². The fourth-order valence-corrected chi connectivity index (χ4v) is 4.23. The van der Waals surface area contributed by atoms with E-state index in [0.29, 0.717) is 24.5 Å². The molecular weight excluding hydrogens is 260 g/mol. The minimum Gasteiger partial charge on any atom is -0.332 e. The molecule has 0 aromatic heterocycles. The third kappa shape index (κ3) is 4.70. The lowest BCUT2D eigenvalue weighted by Gasteiger charge is -2.42. The topological polar surface area (TPSA) is 24.8 Å². The number of rotatable bonds is 6. The zero-order valence-corrected chi connectivity index (χ0v) is 14.2. The monoisotopic (exact) mass is 295 g/mol. The molecule has 2 aliphatic rings. The summed E-state index contributed by atoms with van der Waals surface area (Å²) >= 11 is 0. The maximum Gasteiger partial charge on any atom is 0.278 e. The summed E-state index contributed by atoms with van der Waals surface area (Å²) in [5.41, 5.74) is 0. The van der Waals surface area contributed by atoms with Crippen molar-refractivity contribution < 1.29 is 9.69 Å². The molecule has 2 aliphatic carbocycles. The Morgan fingerprint density at radius 3 is 1.67 bits per heavy atom. The summed E-state index contributed by atoms with van der Waals surface area (Å²) in [6.07, 6.45) is 13.0. The molecule has 0 aromatic carbocycles. The van der Waals surface area contributed by atoms with Gasteiger partial charge in [0, 0.05) is 12.1 Å². The normalized spacial score (nSPS) is 21.7. The second kappa shape index (κ2) is 8.77. The van der Waals surface area contributed by atoms with Crippen LogP contribution in [0.2, 0.25) is 0 Å². The Labute approximate surface area is 131 Å². The first-order valence-corrected chi connectivity index (χ1v) is 9.41. The number of carbonyl (C=O) groups is 1. The minimum atomic E-state index is 0.438. The number of amides is 1. The molecule has 2 saturated carbocycles. The first kappa shape index (κ1) is 16.8. The summed E-state index contributed by atoms with van der Waals surface area (Å²) < 4.78 is 0. The van der Waals surface area contributed by atoms with Gasteiger partial charge >= 0.3 is 0 Å². The molecule has 2 rings (SSSR count). The minimum absolute atomic E-state index is 0.438. The Morgan fingerprint density at radius 2 is 1.29 bits per heavy atom. The largest absolute Gasteiger partial charge is 0.332 e. The Morgan fingerprint density at radius 1 is 0.857 bits per heavy atom. The first-order chi connectivity index (χ1) is 10.3. The number of carbonyl (C=O) groups excluding carboxylic acids is 1. The molecule has 0 saturated heterocycles. The Bertz CT molecular complexity index is 284. The average molecular weight is 295 g/mol. The lowest BCUT2D eigenvalue weighted by Crippen LogP contribution is -3.12. The van der Waals surface area contributed by atoms with Gasteiger partial charge in [0.1, 0.15) is 0 Å². The van der Waals surface area contributed by atoms with E-state index in [0.717, 1.165) is 13.1 Å². The molecule has 0 heterocycles. The van der Waals surface area contributed by atoms with Crippen molar-refractivity contribution in [2.75, 3.05) is 19.6 Å². The lowest BCUT2D eigenvalue weighted by molar-refractivity contribution is -0.888. The van der Waals surface area contributed by atoms with Crippen molar-refractivity contribution in [3.05, 3.63) is 0 Å². The van der Waals surface area contributed by atoms with E-state index in [1.54, 1.807) is 0 Å². The standard InChI is InChI=1S/C18H34N2O/c1-3-19(4-2)15-18(21)20(16-11-7-5-8-12-16)17-13-9-6-10-14-17/h16-17H,3-15H2,1-2H3/p+1. The second-order valence-electron chi connectivity index (χ2n) is 7.02. The SMILES string of the molecule is CC[NH+](CC)CC(=O)N(C1CCCCC1)C1CCCCC1. The van der Waals surface area contributed by atoms with Gasteiger partial charge in [-0.05, 0) is 39.5 Å². The predicted octanol–water partition coefficient (Wildman–Crippen LogP) is 2.41. The van der Waals surface area contributed by atoms with Crippen molar-refractivity contribution in [1.82, 2.24) is 4.90 Å². The molecule has 1 amide bonds. The molecule has 0 bridgehead atoms. The highest BCUT2D eigenvalue weighted by molar-refractivity contribution is 5.77. The van der Waals surface area contributed by atoms with Crippen molar-refractivity contribution in [3.63, 3.8) is 0 Å². The fourth-order valence-electron chi connectivity index (χ4n) is 4.23. The highest BCUT2D eigenvalue weighted by Gasteiger charge is 2.33. The summed E-state index contributed by atoms with van der Waals surface area (Å²) in [4.78, 5) is 16.8. The molecular formula is C18H35N2O+. The summed E-state index contributed by atoms with van der Waals surface area (Å²) in [5.74, 6) is 0.438. The second-order valence-corrected chi connectivity index (χ2v) is 7.02. The van der Waals surface area contributed by atoms with Crippen molar-refractivity contribution in [3.8, 4) is 0 Å². The van der Waals surface area contributed by atoms with E-state index in [4.69, 9.17) is 0 Å². The molecule has 0 spiro atoms. The Hall–Kier alpha value is -0.570. The van der Waals surface area contributed by atoms with Crippen LogP contribution in [-0.2, 0) is 4.79 Å². The number of quaternary nitrogens is 1. The molecule has 0 radical (unpaired) electrons. The van der Waals surface area contributed by atoms with Gasteiger partial charge in [-0.1, -0.05) is 38.5 Å². The van der Waals surface area contributed by atoms with Crippen LogP contribution in [0.3, 0.4) is 0 Å². The van der Waals surface area contributed by atoms with E-state index in [-0.39, 0.29) is 0 Å². The van der Waals surface area contributed by atoms with Crippen LogP contribution < -0.4 is 4.90 Å². The van der Waals surface area contributed by atoms with Crippen LogP contribution in [0.25, 0.3) is 0 Å². The van der Waals surface area contributed by atoms with Crippen molar-refractivity contribution >= 4 is 5.91 Å². The van der Waals surface area contributed by atoms with Crippen LogP contribution in [0, 0.1) is 0 Å². The van der Waals surface area contributed by atoms with Gasteiger partial charge in [-0.3, -0.25) is 4.79 Å². The highest BCUT2D eigenvalue weighted by Crippen LogP contribution is 2.30. The number of nitrogens with zero attached hydrogens (tertiary/aromatic N) is 1. The zero-order valence-electron chi connectivity index (χ0n) is 14.2. The number of hydrogen-bond acceptors (Lipinski definition) is 1. The van der Waals surface area contributed by atoms with Gasteiger partial charge in [0.05, 0.1) is 13.1 Å². The van der Waals surface area contributed by atoms with E-state index in [9.17, 15) is 4.79 Å². The molecule has 2 fully saturated rings. The van der Waals surface area contributed by atoms with E-state index in [1.807, 2.05) is 0 Å². The summed E-state index contributed by atoms with van der Waals surface area (Å²) in [6.45, 7) is 7.21. The highest BCUT2D eigenvalue weighted by atomic mass is 16.2. The van der Waals surface area contributed by atoms with Crippen LogP contribution >= 0.6 is 0 Å². The average Bonchev–Trinajstić information content (AvgIpc) is 2.55. The predicted molar refractivity (Wildman–Crippen MR) is 87.5 cm³/mol. The van der Waals surface area contributed by atoms with E-state index >= 15 is 0 Å². The maximum atomic E-state index is 13.0. The summed E-state index contributed by atoms with van der Waals surface area (Å²) in [5, 5.41) is 0. The first-order valence-electron chi connectivity index (χ1n) is 9.41. The molecule has 1 N–H and O–H groups in total. The summed E-state index contributed by atoms with van der Waals surface area (Å²) in [6, 6.07) is 1.09. The van der Waals surface area contributed by atoms with E-state index in [2.05, 4.69) is 18.7 Å².